The molecule has 1 amide bonds. The Kier molecular flexibility index (Phi) is 3.68. The molecule has 0 aromatic heterocycles. The predicted octanol–water partition coefficient (Wildman–Crippen LogP) is 1.91. The van der Waals surface area contributed by atoms with Crippen LogP contribution >= 0.6 is 0 Å². The van der Waals surface area contributed by atoms with Crippen molar-refractivity contribution in [2.45, 2.75) is 6.54 Å². The van der Waals surface area contributed by atoms with Gasteiger partial charge >= 0.3 is 5.91 Å². The summed E-state index contributed by atoms with van der Waals surface area (Å²) < 4.78 is 0. The van der Waals surface area contributed by atoms with Crippen LogP contribution in [0.5, 0.6) is 0 Å². The first-order valence-electron chi connectivity index (χ1n) is 6.80. The molecule has 2 aromatic rings. The minimum Gasteiger partial charge on any atom is -0.281 e. The third kappa shape index (κ3) is 2.84. The maximum atomic E-state index is 12.1. The number of carbonyl (C=O) groups is 2. The molecule has 23 heavy (non-hydrogen) atoms. The van der Waals surface area contributed by atoms with Crippen molar-refractivity contribution in [3.63, 3.8) is 0 Å². The van der Waals surface area contributed by atoms with Crippen molar-refractivity contribution in [1.82, 2.24) is 5.01 Å². The molecule has 0 aliphatic carbocycles. The topological polar surface area (TPSA) is 92.9 Å². The molecule has 114 valence electrons. The Morgan fingerprint density at radius 2 is 1.78 bits per heavy atom. The summed E-state index contributed by atoms with van der Waals surface area (Å²) in [5, 5.41) is 15.9. The minimum atomic E-state index is -0.763. The first-order chi connectivity index (χ1) is 11.1. The second kappa shape index (κ2) is 5.80. The van der Waals surface area contributed by atoms with Crippen LogP contribution in [0.25, 0.3) is 0 Å². The highest BCUT2D eigenvalue weighted by Gasteiger charge is 2.35. The van der Waals surface area contributed by atoms with Crippen LogP contribution < -0.4 is 0 Å². The Morgan fingerprint density at radius 1 is 1.04 bits per heavy atom. The van der Waals surface area contributed by atoms with Crippen LogP contribution in [0.2, 0.25) is 0 Å². The molecule has 1 aliphatic heterocycles. The van der Waals surface area contributed by atoms with Gasteiger partial charge in [0.05, 0.1) is 11.5 Å². The third-order valence-corrected chi connectivity index (χ3v) is 3.37. The molecule has 0 N–H and O–H groups in total. The van der Waals surface area contributed by atoms with Crippen LogP contribution in [0.1, 0.15) is 11.1 Å². The second-order valence-corrected chi connectivity index (χ2v) is 4.93. The quantitative estimate of drug-likeness (QED) is 0.490. The number of amides is 1. The van der Waals surface area contributed by atoms with Crippen molar-refractivity contribution in [3.05, 3.63) is 75.8 Å². The Hall–Kier alpha value is -3.35. The zero-order chi connectivity index (χ0) is 16.4. The first-order valence-corrected chi connectivity index (χ1v) is 6.80. The van der Waals surface area contributed by atoms with E-state index in [-0.39, 0.29) is 23.5 Å². The third-order valence-electron chi connectivity index (χ3n) is 3.37. The Labute approximate surface area is 131 Å². The molecule has 7 heteroatoms. The molecule has 1 heterocycles. The summed E-state index contributed by atoms with van der Waals surface area (Å²) in [6.07, 6.45) is 0. The van der Waals surface area contributed by atoms with E-state index >= 15 is 0 Å². The van der Waals surface area contributed by atoms with Gasteiger partial charge in [-0.05, 0) is 5.56 Å². The highest BCUT2D eigenvalue weighted by molar-refractivity contribution is 6.69. The largest absolute Gasteiger partial charge is 0.317 e. The van der Waals surface area contributed by atoms with Gasteiger partial charge in [0.1, 0.15) is 5.71 Å². The molecule has 0 atom stereocenters. The number of nitro groups is 1. The number of ketones is 1. The smallest absolute Gasteiger partial charge is 0.281 e. The molecular formula is C16H11N3O4. The maximum Gasteiger partial charge on any atom is 0.317 e. The van der Waals surface area contributed by atoms with Crippen LogP contribution in [-0.2, 0) is 16.1 Å². The number of carbonyl (C=O) groups excluding carboxylic acids is 2. The first kappa shape index (κ1) is 14.6. The summed E-state index contributed by atoms with van der Waals surface area (Å²) in [7, 11) is 0. The highest BCUT2D eigenvalue weighted by Crippen LogP contribution is 2.19. The van der Waals surface area contributed by atoms with E-state index in [1.54, 1.807) is 0 Å². The van der Waals surface area contributed by atoms with E-state index in [0.717, 1.165) is 10.6 Å². The van der Waals surface area contributed by atoms with Crippen molar-refractivity contribution >= 4 is 23.1 Å². The number of rotatable bonds is 4. The number of Topliss-reactive ketones (excluding diaryl/α,β-unsaturated/α-hetero) is 1. The van der Waals surface area contributed by atoms with E-state index in [4.69, 9.17) is 0 Å². The molecule has 0 bridgehead atoms. The average Bonchev–Trinajstić information content (AvgIpc) is 2.84. The zero-order valence-electron chi connectivity index (χ0n) is 11.9. The fraction of sp³-hybridized carbons (Fsp3) is 0.0625. The molecule has 0 saturated carbocycles. The highest BCUT2D eigenvalue weighted by atomic mass is 16.6. The van der Waals surface area contributed by atoms with Gasteiger partial charge in [0, 0.05) is 17.7 Å². The molecule has 2 aromatic carbocycles. The van der Waals surface area contributed by atoms with Gasteiger partial charge in [-0.25, -0.2) is 5.01 Å². The van der Waals surface area contributed by atoms with Gasteiger partial charge in [-0.1, -0.05) is 42.5 Å². The fourth-order valence-corrected chi connectivity index (χ4v) is 2.25. The molecule has 0 saturated heterocycles. The van der Waals surface area contributed by atoms with Crippen LogP contribution in [0.15, 0.2) is 59.7 Å². The molecule has 0 unspecified atom stereocenters. The Bertz CT molecular complexity index is 830. The Balaban J connectivity index is 1.91. The average molecular weight is 309 g/mol. The molecule has 0 radical (unpaired) electrons. The van der Waals surface area contributed by atoms with Gasteiger partial charge in [-0.3, -0.25) is 19.7 Å². The van der Waals surface area contributed by atoms with Crippen LogP contribution in [-0.4, -0.2) is 27.3 Å². The fourth-order valence-electron chi connectivity index (χ4n) is 2.25. The number of hydrogen-bond acceptors (Lipinski definition) is 5. The molecule has 1 aliphatic rings. The zero-order valence-corrected chi connectivity index (χ0v) is 11.9. The van der Waals surface area contributed by atoms with Gasteiger partial charge < -0.3 is 0 Å². The van der Waals surface area contributed by atoms with Gasteiger partial charge in [-0.15, -0.1) is 0 Å². The van der Waals surface area contributed by atoms with Crippen molar-refractivity contribution < 1.29 is 14.5 Å². The van der Waals surface area contributed by atoms with E-state index < -0.39 is 16.6 Å². The number of non-ortho nitro benzene ring substituents is 1. The number of nitrogens with zero attached hydrogens (tertiary/aromatic N) is 3. The predicted molar refractivity (Wildman–Crippen MR) is 81.6 cm³/mol. The number of benzene rings is 2. The molecular weight excluding hydrogens is 298 g/mol. The summed E-state index contributed by atoms with van der Waals surface area (Å²) >= 11 is 0. The lowest BCUT2D eigenvalue weighted by Crippen LogP contribution is -2.27. The van der Waals surface area contributed by atoms with Gasteiger partial charge in [0.2, 0.25) is 0 Å². The summed E-state index contributed by atoms with van der Waals surface area (Å²) in [5.41, 5.74) is 0.854. The SMILES string of the molecule is O=C1C(=O)N(Cc2ccccc2)N=C1c1cccc([N+](=O)[O-])c1. The van der Waals surface area contributed by atoms with Gasteiger partial charge in [0.25, 0.3) is 11.5 Å². The van der Waals surface area contributed by atoms with E-state index in [2.05, 4.69) is 5.10 Å². The van der Waals surface area contributed by atoms with E-state index in [1.807, 2.05) is 30.3 Å². The lowest BCUT2D eigenvalue weighted by atomic mass is 10.1. The Morgan fingerprint density at radius 3 is 2.48 bits per heavy atom. The summed E-state index contributed by atoms with van der Waals surface area (Å²) in [6, 6.07) is 14.6. The van der Waals surface area contributed by atoms with Crippen molar-refractivity contribution in [1.29, 1.82) is 0 Å². The normalized spacial score (nSPS) is 14.1. The van der Waals surface area contributed by atoms with E-state index in [0.29, 0.717) is 0 Å². The standard InChI is InChI=1S/C16H11N3O4/c20-15-14(12-7-4-8-13(9-12)19(22)23)17-18(16(15)21)10-11-5-2-1-3-6-11/h1-9H,10H2. The minimum absolute atomic E-state index is 0.0744. The molecule has 0 fully saturated rings. The van der Waals surface area contributed by atoms with E-state index in [1.165, 1.54) is 24.3 Å². The lowest BCUT2D eigenvalue weighted by Gasteiger charge is -2.10. The second-order valence-electron chi connectivity index (χ2n) is 4.93. The van der Waals surface area contributed by atoms with E-state index in [9.17, 15) is 19.7 Å². The molecule has 3 rings (SSSR count). The van der Waals surface area contributed by atoms with Gasteiger partial charge in [-0.2, -0.15) is 5.10 Å². The van der Waals surface area contributed by atoms with Crippen molar-refractivity contribution in [2.75, 3.05) is 0 Å². The maximum absolute atomic E-state index is 12.1. The van der Waals surface area contributed by atoms with Crippen LogP contribution in [0.3, 0.4) is 0 Å². The van der Waals surface area contributed by atoms with Crippen molar-refractivity contribution in [3.8, 4) is 0 Å². The van der Waals surface area contributed by atoms with Crippen LogP contribution in [0, 0.1) is 10.1 Å². The number of nitro benzene ring substituents is 1. The molecule has 0 spiro atoms. The number of hydrogen-bond donors (Lipinski definition) is 0. The monoisotopic (exact) mass is 309 g/mol. The lowest BCUT2D eigenvalue weighted by molar-refractivity contribution is -0.384. The molecule has 7 nitrogen and oxygen atoms in total. The number of hydrazone groups is 1. The van der Waals surface area contributed by atoms with Crippen LogP contribution in [0.4, 0.5) is 5.69 Å². The summed E-state index contributed by atoms with van der Waals surface area (Å²) in [5.74, 6) is -1.50. The summed E-state index contributed by atoms with van der Waals surface area (Å²) in [4.78, 5) is 34.4. The van der Waals surface area contributed by atoms with Crippen molar-refractivity contribution in [2.24, 2.45) is 5.10 Å². The summed E-state index contributed by atoms with van der Waals surface area (Å²) in [6.45, 7) is 0.170. The van der Waals surface area contributed by atoms with Gasteiger partial charge in [0.15, 0.2) is 0 Å².